The van der Waals surface area contributed by atoms with Gasteiger partial charge in [-0.25, -0.2) is 13.6 Å². The van der Waals surface area contributed by atoms with Crippen LogP contribution in [-0.4, -0.2) is 37.5 Å². The molecule has 0 aliphatic heterocycles. The molecular weight excluding hydrogens is 388 g/mol. The Balaban J connectivity index is 1.92. The lowest BCUT2D eigenvalue weighted by Crippen LogP contribution is -2.32. The molecule has 0 aromatic heterocycles. The lowest BCUT2D eigenvalue weighted by atomic mass is 10.1. The first-order valence-electron chi connectivity index (χ1n) is 8.48. The summed E-state index contributed by atoms with van der Waals surface area (Å²) in [6.45, 7) is 2.13. The number of carbonyl (C=O) groups is 3. The van der Waals surface area contributed by atoms with Crippen molar-refractivity contribution in [2.24, 2.45) is 0 Å². The van der Waals surface area contributed by atoms with E-state index in [0.717, 1.165) is 18.2 Å². The molecule has 0 heterocycles. The number of hydrogen-bond acceptors (Lipinski definition) is 6. The highest BCUT2D eigenvalue weighted by Crippen LogP contribution is 2.28. The molecule has 0 spiro atoms. The highest BCUT2D eigenvalue weighted by molar-refractivity contribution is 5.95. The van der Waals surface area contributed by atoms with Gasteiger partial charge in [0.2, 0.25) is 0 Å². The van der Waals surface area contributed by atoms with E-state index in [1.54, 1.807) is 0 Å². The van der Waals surface area contributed by atoms with E-state index in [1.165, 1.54) is 39.2 Å². The molecule has 0 saturated carbocycles. The number of hydrogen-bond donors (Lipinski definition) is 1. The summed E-state index contributed by atoms with van der Waals surface area (Å²) in [5, 5.41) is 2.14. The van der Waals surface area contributed by atoms with Crippen LogP contribution >= 0.6 is 0 Å². The van der Waals surface area contributed by atoms with Gasteiger partial charge in [-0.3, -0.25) is 9.59 Å². The minimum atomic E-state index is -1.28. The molecule has 2 aromatic rings. The van der Waals surface area contributed by atoms with Gasteiger partial charge in [0.1, 0.15) is 11.6 Å². The molecule has 0 aliphatic rings. The molecule has 1 amide bonds. The average Bonchev–Trinajstić information content (AvgIpc) is 2.68. The van der Waals surface area contributed by atoms with Gasteiger partial charge in [-0.2, -0.15) is 0 Å². The van der Waals surface area contributed by atoms with Crippen LogP contribution in [0.25, 0.3) is 0 Å². The third-order valence-corrected chi connectivity index (χ3v) is 3.78. The van der Waals surface area contributed by atoms with Crippen molar-refractivity contribution in [3.05, 3.63) is 53.6 Å². The summed E-state index contributed by atoms with van der Waals surface area (Å²) < 4.78 is 42.1. The number of ketones is 1. The van der Waals surface area contributed by atoms with Gasteiger partial charge >= 0.3 is 5.97 Å². The molecule has 154 valence electrons. The van der Waals surface area contributed by atoms with Crippen LogP contribution in [0.5, 0.6) is 11.5 Å². The summed E-state index contributed by atoms with van der Waals surface area (Å²) in [7, 11) is 1.38. The van der Waals surface area contributed by atoms with E-state index in [4.69, 9.17) is 14.2 Å². The van der Waals surface area contributed by atoms with Gasteiger partial charge in [0.25, 0.3) is 5.91 Å². The fourth-order valence-electron chi connectivity index (χ4n) is 2.25. The van der Waals surface area contributed by atoms with Gasteiger partial charge in [0.05, 0.1) is 12.8 Å². The minimum Gasteiger partial charge on any atom is -0.493 e. The predicted octanol–water partition coefficient (Wildman–Crippen LogP) is 3.13. The number of esters is 1. The molecule has 0 aliphatic carbocycles. The second-order valence-electron chi connectivity index (χ2n) is 5.96. The van der Waals surface area contributed by atoms with E-state index in [9.17, 15) is 23.2 Å². The fraction of sp³-hybridized carbons (Fsp3) is 0.250. The van der Waals surface area contributed by atoms with Crippen molar-refractivity contribution in [1.82, 2.24) is 0 Å². The van der Waals surface area contributed by atoms with E-state index >= 15 is 0 Å². The Kier molecular flexibility index (Phi) is 7.24. The summed E-state index contributed by atoms with van der Waals surface area (Å²) in [5.74, 6) is -2.99. The van der Waals surface area contributed by atoms with E-state index in [1.807, 2.05) is 0 Å². The molecule has 0 radical (unpaired) electrons. The first-order valence-corrected chi connectivity index (χ1v) is 8.48. The number of halogens is 2. The zero-order chi connectivity index (χ0) is 21.6. The van der Waals surface area contributed by atoms with Crippen LogP contribution < -0.4 is 14.8 Å². The van der Waals surface area contributed by atoms with Crippen molar-refractivity contribution in [3.63, 3.8) is 0 Å². The normalized spacial score (nSPS) is 11.3. The molecule has 1 atom stereocenters. The van der Waals surface area contributed by atoms with Crippen molar-refractivity contribution in [3.8, 4) is 11.5 Å². The lowest BCUT2D eigenvalue weighted by molar-refractivity contribution is -0.155. The number of anilines is 1. The van der Waals surface area contributed by atoms with Crippen LogP contribution in [0.2, 0.25) is 0 Å². The number of benzene rings is 2. The summed E-state index contributed by atoms with van der Waals surface area (Å²) in [6.07, 6.45) is -1.28. The summed E-state index contributed by atoms with van der Waals surface area (Å²) in [6, 6.07) is 7.01. The SMILES string of the molecule is COc1cc(C(C)=O)ccc1OCC(=O)O[C@@H](C)C(=O)Nc1cc(F)ccc1F. The van der Waals surface area contributed by atoms with Crippen molar-refractivity contribution in [2.75, 3.05) is 19.0 Å². The Labute approximate surface area is 165 Å². The number of methoxy groups -OCH3 is 1. The zero-order valence-electron chi connectivity index (χ0n) is 16.0. The van der Waals surface area contributed by atoms with Crippen molar-refractivity contribution in [1.29, 1.82) is 0 Å². The standard InChI is InChI=1S/C20H19F2NO6/c1-11(24)13-4-7-17(18(8-13)27-3)28-10-19(25)29-12(2)20(26)23-16-9-14(21)5-6-15(16)22/h4-9,12H,10H2,1-3H3,(H,23,26)/t12-/m0/s1. The first kappa shape index (κ1) is 21.8. The third kappa shape index (κ3) is 6.00. The Morgan fingerprint density at radius 3 is 2.45 bits per heavy atom. The van der Waals surface area contributed by atoms with Crippen LogP contribution in [0, 0.1) is 11.6 Å². The van der Waals surface area contributed by atoms with E-state index in [0.29, 0.717) is 5.56 Å². The van der Waals surface area contributed by atoms with Crippen LogP contribution in [-0.2, 0) is 14.3 Å². The van der Waals surface area contributed by atoms with Crippen LogP contribution in [0.15, 0.2) is 36.4 Å². The molecule has 1 N–H and O–H groups in total. The highest BCUT2D eigenvalue weighted by atomic mass is 19.1. The molecule has 0 saturated heterocycles. The molecule has 0 bridgehead atoms. The van der Waals surface area contributed by atoms with Gasteiger partial charge in [0.15, 0.2) is 30.0 Å². The molecule has 2 aromatic carbocycles. The lowest BCUT2D eigenvalue weighted by Gasteiger charge is -2.15. The molecular formula is C20H19F2NO6. The molecule has 9 heteroatoms. The zero-order valence-corrected chi connectivity index (χ0v) is 16.0. The Bertz CT molecular complexity index is 931. The number of rotatable bonds is 8. The summed E-state index contributed by atoms with van der Waals surface area (Å²) in [4.78, 5) is 35.3. The third-order valence-electron chi connectivity index (χ3n) is 3.78. The van der Waals surface area contributed by atoms with Crippen molar-refractivity contribution in [2.45, 2.75) is 20.0 Å². The summed E-state index contributed by atoms with van der Waals surface area (Å²) >= 11 is 0. The topological polar surface area (TPSA) is 90.9 Å². The average molecular weight is 407 g/mol. The van der Waals surface area contributed by atoms with Crippen molar-refractivity contribution < 1.29 is 37.4 Å². The predicted molar refractivity (Wildman–Crippen MR) is 99.0 cm³/mol. The molecule has 2 rings (SSSR count). The quantitative estimate of drug-likeness (QED) is 0.534. The fourth-order valence-corrected chi connectivity index (χ4v) is 2.25. The van der Waals surface area contributed by atoms with Gasteiger partial charge in [-0.15, -0.1) is 0 Å². The highest BCUT2D eigenvalue weighted by Gasteiger charge is 2.20. The van der Waals surface area contributed by atoms with Gasteiger partial charge in [0, 0.05) is 11.6 Å². The van der Waals surface area contributed by atoms with E-state index in [2.05, 4.69) is 5.32 Å². The molecule has 29 heavy (non-hydrogen) atoms. The van der Waals surface area contributed by atoms with Crippen LogP contribution in [0.3, 0.4) is 0 Å². The number of ether oxygens (including phenoxy) is 3. The maximum absolute atomic E-state index is 13.6. The van der Waals surface area contributed by atoms with E-state index in [-0.39, 0.29) is 23.0 Å². The molecule has 0 fully saturated rings. The Morgan fingerprint density at radius 2 is 1.79 bits per heavy atom. The first-order chi connectivity index (χ1) is 13.7. The molecule has 0 unspecified atom stereocenters. The van der Waals surface area contributed by atoms with Gasteiger partial charge in [-0.1, -0.05) is 0 Å². The monoisotopic (exact) mass is 407 g/mol. The van der Waals surface area contributed by atoms with Gasteiger partial charge < -0.3 is 19.5 Å². The maximum atomic E-state index is 13.6. The van der Waals surface area contributed by atoms with Crippen LogP contribution in [0.1, 0.15) is 24.2 Å². The van der Waals surface area contributed by atoms with Crippen molar-refractivity contribution >= 4 is 23.3 Å². The summed E-state index contributed by atoms with van der Waals surface area (Å²) in [5.41, 5.74) is 0.0381. The number of carbonyl (C=O) groups excluding carboxylic acids is 3. The smallest absolute Gasteiger partial charge is 0.344 e. The minimum absolute atomic E-state index is 0.163. The second-order valence-corrected chi connectivity index (χ2v) is 5.96. The molecule has 7 nitrogen and oxygen atoms in total. The van der Waals surface area contributed by atoms with Gasteiger partial charge in [-0.05, 0) is 44.2 Å². The Morgan fingerprint density at radius 1 is 1.07 bits per heavy atom. The Hall–Kier alpha value is -3.49. The van der Waals surface area contributed by atoms with Crippen LogP contribution in [0.4, 0.5) is 14.5 Å². The number of amides is 1. The number of nitrogens with one attached hydrogen (secondary N) is 1. The van der Waals surface area contributed by atoms with E-state index < -0.39 is 36.2 Å². The maximum Gasteiger partial charge on any atom is 0.344 e. The second kappa shape index (κ2) is 9.63. The largest absolute Gasteiger partial charge is 0.493 e. The number of Topliss-reactive ketones (excluding diaryl/α,β-unsaturated/α-hetero) is 1.